The molecule has 1 amide bonds. The third kappa shape index (κ3) is 3.10. The molecule has 1 aliphatic heterocycles. The van der Waals surface area contributed by atoms with Crippen LogP contribution >= 0.6 is 11.3 Å². The van der Waals surface area contributed by atoms with Crippen molar-refractivity contribution in [3.8, 4) is 5.13 Å². The van der Waals surface area contributed by atoms with E-state index < -0.39 is 0 Å². The number of nitrogens with zero attached hydrogens (tertiary/aromatic N) is 3. The molecule has 2 atom stereocenters. The van der Waals surface area contributed by atoms with Gasteiger partial charge in [-0.1, -0.05) is 32.1 Å². The molecule has 1 saturated heterocycles. The van der Waals surface area contributed by atoms with Crippen LogP contribution in [0.3, 0.4) is 0 Å². The SMILES string of the molecule is Cc1ccc(C)n1-c1nc2ccc(C(=O)N3C[C@@]4(C)C[C@@H]3CC(C)(C)C4)cc2s1. The lowest BCUT2D eigenvalue weighted by atomic mass is 9.65. The first kappa shape index (κ1) is 18.9. The lowest BCUT2D eigenvalue weighted by Crippen LogP contribution is -2.37. The molecule has 0 radical (unpaired) electrons. The van der Waals surface area contributed by atoms with Gasteiger partial charge in [-0.25, -0.2) is 4.98 Å². The minimum atomic E-state index is 0.182. The second-order valence-electron chi connectivity index (χ2n) is 10.3. The number of rotatable bonds is 2. The number of likely N-dealkylation sites (tertiary alicyclic amines) is 1. The summed E-state index contributed by atoms with van der Waals surface area (Å²) in [7, 11) is 0. The zero-order valence-corrected chi connectivity index (χ0v) is 18.8. The van der Waals surface area contributed by atoms with Crippen molar-refractivity contribution in [3.05, 3.63) is 47.3 Å². The number of hydrogen-bond acceptors (Lipinski definition) is 3. The van der Waals surface area contributed by atoms with Crippen molar-refractivity contribution in [2.75, 3.05) is 6.54 Å². The molecule has 2 fully saturated rings. The highest BCUT2D eigenvalue weighted by Crippen LogP contribution is 2.52. The van der Waals surface area contributed by atoms with E-state index in [2.05, 4.69) is 56.2 Å². The first-order chi connectivity index (χ1) is 13.6. The summed E-state index contributed by atoms with van der Waals surface area (Å²) in [6.45, 7) is 12.1. The fourth-order valence-corrected chi connectivity index (χ4v) is 7.10. The molecule has 2 bridgehead atoms. The molecule has 2 aromatic heterocycles. The third-order valence-corrected chi connectivity index (χ3v) is 7.77. The van der Waals surface area contributed by atoms with Crippen LogP contribution in [0.15, 0.2) is 30.3 Å². The molecule has 1 saturated carbocycles. The smallest absolute Gasteiger partial charge is 0.254 e. The van der Waals surface area contributed by atoms with Gasteiger partial charge in [0.05, 0.1) is 10.2 Å². The van der Waals surface area contributed by atoms with E-state index in [1.54, 1.807) is 11.3 Å². The van der Waals surface area contributed by atoms with E-state index in [1.807, 2.05) is 18.2 Å². The summed E-state index contributed by atoms with van der Waals surface area (Å²) >= 11 is 1.66. The maximum absolute atomic E-state index is 13.4. The molecule has 2 aliphatic rings. The second-order valence-corrected chi connectivity index (χ2v) is 11.3. The first-order valence-electron chi connectivity index (χ1n) is 10.5. The second kappa shape index (κ2) is 6.18. The van der Waals surface area contributed by atoms with Crippen molar-refractivity contribution < 1.29 is 4.79 Å². The van der Waals surface area contributed by atoms with Gasteiger partial charge in [0, 0.05) is 29.5 Å². The normalized spacial score (nSPS) is 25.7. The highest BCUT2D eigenvalue weighted by molar-refractivity contribution is 7.20. The Morgan fingerprint density at radius 1 is 1.10 bits per heavy atom. The van der Waals surface area contributed by atoms with Crippen LogP contribution in [0.2, 0.25) is 0 Å². The summed E-state index contributed by atoms with van der Waals surface area (Å²) in [5, 5.41) is 0.968. The number of hydrogen-bond donors (Lipinski definition) is 0. The van der Waals surface area contributed by atoms with Crippen molar-refractivity contribution in [2.45, 2.75) is 59.9 Å². The maximum Gasteiger partial charge on any atom is 0.254 e. The average molecular weight is 408 g/mol. The predicted octanol–water partition coefficient (Wildman–Crippen LogP) is 5.74. The fraction of sp³-hybridized carbons (Fsp3) is 0.500. The van der Waals surface area contributed by atoms with Crippen molar-refractivity contribution >= 4 is 27.5 Å². The Morgan fingerprint density at radius 3 is 2.55 bits per heavy atom. The topological polar surface area (TPSA) is 38.1 Å². The van der Waals surface area contributed by atoms with E-state index >= 15 is 0 Å². The van der Waals surface area contributed by atoms with Crippen LogP contribution in [-0.4, -0.2) is 32.9 Å². The number of amides is 1. The maximum atomic E-state index is 13.4. The first-order valence-corrected chi connectivity index (χ1v) is 11.3. The molecule has 29 heavy (non-hydrogen) atoms. The van der Waals surface area contributed by atoms with Gasteiger partial charge in [-0.05, 0) is 74.3 Å². The quantitative estimate of drug-likeness (QED) is 0.543. The van der Waals surface area contributed by atoms with E-state index in [0.717, 1.165) is 40.3 Å². The van der Waals surface area contributed by atoms with E-state index in [4.69, 9.17) is 4.98 Å². The molecule has 3 aromatic rings. The van der Waals surface area contributed by atoms with E-state index in [0.29, 0.717) is 11.5 Å². The Morgan fingerprint density at radius 2 is 1.83 bits per heavy atom. The molecule has 0 unspecified atom stereocenters. The number of carbonyl (C=O) groups excluding carboxylic acids is 1. The van der Waals surface area contributed by atoms with Crippen molar-refractivity contribution in [2.24, 2.45) is 10.8 Å². The Kier molecular flexibility index (Phi) is 4.02. The van der Waals surface area contributed by atoms with Crippen LogP contribution in [0.25, 0.3) is 15.3 Å². The van der Waals surface area contributed by atoms with Crippen LogP contribution in [0, 0.1) is 24.7 Å². The zero-order valence-electron chi connectivity index (χ0n) is 18.0. The van der Waals surface area contributed by atoms with Crippen LogP contribution in [0.4, 0.5) is 0 Å². The van der Waals surface area contributed by atoms with Gasteiger partial charge in [0.2, 0.25) is 0 Å². The van der Waals surface area contributed by atoms with E-state index in [9.17, 15) is 4.79 Å². The minimum absolute atomic E-state index is 0.182. The predicted molar refractivity (Wildman–Crippen MR) is 119 cm³/mol. The van der Waals surface area contributed by atoms with Gasteiger partial charge in [0.15, 0.2) is 5.13 Å². The molecular weight excluding hydrogens is 378 g/mol. The number of aromatic nitrogens is 2. The monoisotopic (exact) mass is 407 g/mol. The minimum Gasteiger partial charge on any atom is -0.335 e. The van der Waals surface area contributed by atoms with Crippen molar-refractivity contribution in [1.82, 2.24) is 14.5 Å². The number of aryl methyl sites for hydroxylation is 2. The van der Waals surface area contributed by atoms with Crippen LogP contribution in [-0.2, 0) is 0 Å². The van der Waals surface area contributed by atoms with Crippen molar-refractivity contribution in [3.63, 3.8) is 0 Å². The van der Waals surface area contributed by atoms with Gasteiger partial charge < -0.3 is 4.90 Å². The highest BCUT2D eigenvalue weighted by atomic mass is 32.1. The number of benzene rings is 1. The number of carbonyl (C=O) groups is 1. The molecule has 4 nitrogen and oxygen atoms in total. The average Bonchev–Trinajstić information content (AvgIpc) is 3.26. The molecule has 3 heterocycles. The molecule has 5 heteroatoms. The summed E-state index contributed by atoms with van der Waals surface area (Å²) in [6.07, 6.45) is 3.45. The summed E-state index contributed by atoms with van der Waals surface area (Å²) < 4.78 is 3.26. The van der Waals surface area contributed by atoms with Gasteiger partial charge >= 0.3 is 0 Å². The Hall–Kier alpha value is -2.14. The number of thiazole rings is 1. The van der Waals surface area contributed by atoms with Crippen LogP contribution in [0.1, 0.15) is 61.8 Å². The van der Waals surface area contributed by atoms with Crippen LogP contribution < -0.4 is 0 Å². The molecular formula is C24H29N3OS. The molecule has 0 N–H and O–H groups in total. The summed E-state index contributed by atoms with van der Waals surface area (Å²) in [4.78, 5) is 20.4. The molecule has 0 spiro atoms. The Bertz CT molecular complexity index is 1110. The Balaban J connectivity index is 1.47. The summed E-state index contributed by atoms with van der Waals surface area (Å²) in [5.74, 6) is 0.182. The summed E-state index contributed by atoms with van der Waals surface area (Å²) in [6, 6.07) is 10.6. The largest absolute Gasteiger partial charge is 0.335 e. The molecule has 1 aliphatic carbocycles. The fourth-order valence-electron chi connectivity index (χ4n) is 5.97. The highest BCUT2D eigenvalue weighted by Gasteiger charge is 2.51. The molecule has 1 aromatic carbocycles. The van der Waals surface area contributed by atoms with Crippen LogP contribution in [0.5, 0.6) is 0 Å². The van der Waals surface area contributed by atoms with Gasteiger partial charge in [0.25, 0.3) is 5.91 Å². The zero-order chi connectivity index (χ0) is 20.6. The molecule has 152 valence electrons. The Labute approximate surface area is 176 Å². The molecule has 5 rings (SSSR count). The third-order valence-electron chi connectivity index (χ3n) is 6.76. The lowest BCUT2D eigenvalue weighted by molar-refractivity contribution is 0.0708. The van der Waals surface area contributed by atoms with Gasteiger partial charge in [0.1, 0.15) is 0 Å². The van der Waals surface area contributed by atoms with Gasteiger partial charge in [-0.3, -0.25) is 9.36 Å². The van der Waals surface area contributed by atoms with E-state index in [-0.39, 0.29) is 11.3 Å². The standard InChI is InChI=1S/C24H29N3OS/c1-15-6-7-16(2)27(15)22-25-19-9-8-17(10-20(19)29-22)21(28)26-14-24(5)12-18(26)11-23(3,4)13-24/h6-10,18H,11-14H2,1-5H3/t18-,24-/m0/s1. The van der Waals surface area contributed by atoms with E-state index in [1.165, 1.54) is 17.8 Å². The van der Waals surface area contributed by atoms with Gasteiger partial charge in [-0.2, -0.15) is 0 Å². The van der Waals surface area contributed by atoms with Crippen molar-refractivity contribution in [1.29, 1.82) is 0 Å². The number of fused-ring (bicyclic) bond motifs is 3. The summed E-state index contributed by atoms with van der Waals surface area (Å²) in [5.41, 5.74) is 4.68. The lowest BCUT2D eigenvalue weighted by Gasteiger charge is -2.39. The van der Waals surface area contributed by atoms with Gasteiger partial charge in [-0.15, -0.1) is 0 Å².